The first-order valence-electron chi connectivity index (χ1n) is 6.80. The number of fused-ring (bicyclic) bond motifs is 1. The molecule has 8 heteroatoms. The molecule has 1 aromatic carbocycles. The third-order valence-corrected chi connectivity index (χ3v) is 4.28. The summed E-state index contributed by atoms with van der Waals surface area (Å²) >= 11 is 7.30. The molecule has 3 rings (SSSR count). The van der Waals surface area contributed by atoms with Crippen molar-refractivity contribution >= 4 is 29.0 Å². The quantitative estimate of drug-likeness (QED) is 0.930. The van der Waals surface area contributed by atoms with E-state index < -0.39 is 0 Å². The van der Waals surface area contributed by atoms with Crippen LogP contribution in [0.15, 0.2) is 12.1 Å². The van der Waals surface area contributed by atoms with Gasteiger partial charge in [0.2, 0.25) is 0 Å². The van der Waals surface area contributed by atoms with E-state index in [1.807, 2.05) is 6.07 Å². The number of hydrogen-bond acceptors (Lipinski definition) is 6. The average Bonchev–Trinajstić information content (AvgIpc) is 2.78. The number of rotatable bonds is 3. The highest BCUT2D eigenvalue weighted by atomic mass is 35.5. The van der Waals surface area contributed by atoms with Crippen molar-refractivity contribution in [3.8, 4) is 11.5 Å². The van der Waals surface area contributed by atoms with Gasteiger partial charge in [0.1, 0.15) is 4.88 Å². The third-order valence-electron chi connectivity index (χ3n) is 3.17. The van der Waals surface area contributed by atoms with Crippen LogP contribution in [0.5, 0.6) is 11.5 Å². The maximum Gasteiger partial charge on any atom is 0.265 e. The molecule has 0 aliphatic carbocycles. The van der Waals surface area contributed by atoms with Gasteiger partial charge in [-0.1, -0.05) is 16.1 Å². The van der Waals surface area contributed by atoms with Crippen LogP contribution in [0.4, 0.5) is 0 Å². The second-order valence-electron chi connectivity index (χ2n) is 4.83. The predicted molar refractivity (Wildman–Crippen MR) is 82.9 cm³/mol. The third kappa shape index (κ3) is 3.15. The first kappa shape index (κ1) is 15.1. The van der Waals surface area contributed by atoms with Crippen LogP contribution >= 0.6 is 23.1 Å². The summed E-state index contributed by atoms with van der Waals surface area (Å²) in [5.41, 5.74) is 1.47. The summed E-state index contributed by atoms with van der Waals surface area (Å²) in [6.07, 6.45) is 0.814. The molecule has 0 saturated heterocycles. The second kappa shape index (κ2) is 6.50. The monoisotopic (exact) mass is 339 g/mol. The predicted octanol–water partition coefficient (Wildman–Crippen LogP) is 2.59. The van der Waals surface area contributed by atoms with E-state index in [0.29, 0.717) is 46.9 Å². The highest BCUT2D eigenvalue weighted by molar-refractivity contribution is 7.07. The van der Waals surface area contributed by atoms with Gasteiger partial charge in [0.15, 0.2) is 11.5 Å². The molecule has 1 N–H and O–H groups in total. The lowest BCUT2D eigenvalue weighted by atomic mass is 10.2. The summed E-state index contributed by atoms with van der Waals surface area (Å²) in [6.45, 7) is 3.26. The fourth-order valence-corrected chi connectivity index (χ4v) is 2.95. The van der Waals surface area contributed by atoms with Crippen molar-refractivity contribution < 1.29 is 14.3 Å². The number of benzene rings is 1. The van der Waals surface area contributed by atoms with Gasteiger partial charge < -0.3 is 14.8 Å². The number of amides is 1. The summed E-state index contributed by atoms with van der Waals surface area (Å²) in [5.74, 6) is 0.984. The number of nitrogens with zero attached hydrogens (tertiary/aromatic N) is 2. The molecule has 0 unspecified atom stereocenters. The molecule has 0 fully saturated rings. The van der Waals surface area contributed by atoms with Crippen LogP contribution in [-0.4, -0.2) is 28.7 Å². The molecule has 0 spiro atoms. The Labute approximate surface area is 136 Å². The fraction of sp³-hybridized carbons (Fsp3) is 0.357. The highest BCUT2D eigenvalue weighted by Gasteiger charge is 2.17. The van der Waals surface area contributed by atoms with Crippen molar-refractivity contribution in [3.05, 3.63) is 33.3 Å². The van der Waals surface area contributed by atoms with Crippen molar-refractivity contribution in [2.45, 2.75) is 19.9 Å². The van der Waals surface area contributed by atoms with Crippen molar-refractivity contribution in [1.82, 2.24) is 14.9 Å². The van der Waals surface area contributed by atoms with Gasteiger partial charge in [-0.2, -0.15) is 0 Å². The molecular formula is C14H14ClN3O3S. The Hall–Kier alpha value is -1.86. The molecule has 1 aliphatic heterocycles. The first-order valence-corrected chi connectivity index (χ1v) is 7.95. The zero-order valence-corrected chi connectivity index (χ0v) is 13.5. The van der Waals surface area contributed by atoms with Crippen molar-refractivity contribution in [1.29, 1.82) is 0 Å². The van der Waals surface area contributed by atoms with Crippen LogP contribution in [0.25, 0.3) is 0 Å². The van der Waals surface area contributed by atoms with Gasteiger partial charge >= 0.3 is 0 Å². The SMILES string of the molecule is Cc1nnsc1C(=O)NCc1cc(Cl)c2c(c1)OCCCO2. The normalized spacial score (nSPS) is 13.5. The van der Waals surface area contributed by atoms with Gasteiger partial charge in [0, 0.05) is 13.0 Å². The molecule has 116 valence electrons. The Balaban J connectivity index is 1.73. The minimum Gasteiger partial charge on any atom is -0.489 e. The summed E-state index contributed by atoms with van der Waals surface area (Å²) in [4.78, 5) is 12.6. The van der Waals surface area contributed by atoms with E-state index in [0.717, 1.165) is 23.5 Å². The number of nitrogens with one attached hydrogen (secondary N) is 1. The minimum atomic E-state index is -0.198. The molecule has 0 atom stereocenters. The van der Waals surface area contributed by atoms with Crippen LogP contribution < -0.4 is 14.8 Å². The van der Waals surface area contributed by atoms with Gasteiger partial charge in [0.25, 0.3) is 5.91 Å². The van der Waals surface area contributed by atoms with E-state index in [4.69, 9.17) is 21.1 Å². The van der Waals surface area contributed by atoms with E-state index >= 15 is 0 Å². The molecule has 1 aromatic heterocycles. The maximum absolute atomic E-state index is 12.1. The Morgan fingerprint density at radius 1 is 1.41 bits per heavy atom. The largest absolute Gasteiger partial charge is 0.489 e. The molecule has 1 aliphatic rings. The molecule has 2 aromatic rings. The Morgan fingerprint density at radius 2 is 2.23 bits per heavy atom. The van der Waals surface area contributed by atoms with Crippen molar-refractivity contribution in [2.24, 2.45) is 0 Å². The van der Waals surface area contributed by atoms with Crippen LogP contribution in [0.3, 0.4) is 0 Å². The zero-order valence-electron chi connectivity index (χ0n) is 11.9. The lowest BCUT2D eigenvalue weighted by Crippen LogP contribution is -2.22. The topological polar surface area (TPSA) is 73.3 Å². The minimum absolute atomic E-state index is 0.198. The molecule has 1 amide bonds. The summed E-state index contributed by atoms with van der Waals surface area (Å²) in [5, 5.41) is 7.14. The van der Waals surface area contributed by atoms with Crippen LogP contribution in [-0.2, 0) is 6.54 Å². The van der Waals surface area contributed by atoms with Crippen molar-refractivity contribution in [3.63, 3.8) is 0 Å². The van der Waals surface area contributed by atoms with E-state index in [1.165, 1.54) is 0 Å². The number of hydrogen-bond donors (Lipinski definition) is 1. The van der Waals surface area contributed by atoms with Gasteiger partial charge in [-0.3, -0.25) is 4.79 Å². The van der Waals surface area contributed by atoms with Crippen LogP contribution in [0, 0.1) is 6.92 Å². The molecule has 0 bridgehead atoms. The second-order valence-corrected chi connectivity index (χ2v) is 5.99. The van der Waals surface area contributed by atoms with Crippen LogP contribution in [0.1, 0.15) is 27.3 Å². The lowest BCUT2D eigenvalue weighted by Gasteiger charge is -2.12. The van der Waals surface area contributed by atoms with E-state index in [-0.39, 0.29) is 5.91 Å². The van der Waals surface area contributed by atoms with E-state index in [2.05, 4.69) is 14.9 Å². The summed E-state index contributed by atoms with van der Waals surface area (Å²) < 4.78 is 15.0. The number of carbonyl (C=O) groups is 1. The summed E-state index contributed by atoms with van der Waals surface area (Å²) in [7, 11) is 0. The van der Waals surface area contributed by atoms with Crippen molar-refractivity contribution in [2.75, 3.05) is 13.2 Å². The van der Waals surface area contributed by atoms with Gasteiger partial charge in [0.05, 0.1) is 23.9 Å². The molecule has 22 heavy (non-hydrogen) atoms. The molecular weight excluding hydrogens is 326 g/mol. The molecule has 0 saturated carbocycles. The summed E-state index contributed by atoms with van der Waals surface area (Å²) in [6, 6.07) is 3.61. The Bertz CT molecular complexity index is 705. The fourth-order valence-electron chi connectivity index (χ4n) is 2.09. The molecule has 6 nitrogen and oxygen atoms in total. The number of ether oxygens (including phenoxy) is 2. The molecule has 2 heterocycles. The number of aromatic nitrogens is 2. The van der Waals surface area contributed by atoms with E-state index in [1.54, 1.807) is 13.0 Å². The zero-order chi connectivity index (χ0) is 15.5. The highest BCUT2D eigenvalue weighted by Crippen LogP contribution is 2.37. The standard InChI is InChI=1S/C14H14ClN3O3S/c1-8-13(22-18-17-8)14(19)16-7-9-5-10(15)12-11(6-9)20-3-2-4-21-12/h5-6H,2-4,7H2,1H3,(H,16,19). The number of carbonyl (C=O) groups excluding carboxylic acids is 1. The Kier molecular flexibility index (Phi) is 4.44. The van der Waals surface area contributed by atoms with Gasteiger partial charge in [-0.15, -0.1) is 5.10 Å². The van der Waals surface area contributed by atoms with Gasteiger partial charge in [-0.05, 0) is 36.2 Å². The average molecular weight is 340 g/mol. The van der Waals surface area contributed by atoms with Gasteiger partial charge in [-0.25, -0.2) is 0 Å². The number of aryl methyl sites for hydroxylation is 1. The Morgan fingerprint density at radius 3 is 3.00 bits per heavy atom. The van der Waals surface area contributed by atoms with Crippen LogP contribution in [0.2, 0.25) is 5.02 Å². The lowest BCUT2D eigenvalue weighted by molar-refractivity contribution is 0.0954. The number of halogens is 1. The smallest absolute Gasteiger partial charge is 0.265 e. The first-order chi connectivity index (χ1) is 10.6. The van der Waals surface area contributed by atoms with E-state index in [9.17, 15) is 4.79 Å². The maximum atomic E-state index is 12.1. The molecule has 0 radical (unpaired) electrons.